The molecule has 0 fully saturated rings. The van der Waals surface area contributed by atoms with Crippen molar-refractivity contribution in [3.8, 4) is 5.75 Å². The molecule has 0 aliphatic heterocycles. The second kappa shape index (κ2) is 7.37. The zero-order valence-corrected chi connectivity index (χ0v) is 11.8. The van der Waals surface area contributed by atoms with E-state index < -0.39 is 0 Å². The molecule has 0 spiro atoms. The lowest BCUT2D eigenvalue weighted by molar-refractivity contribution is 0.202. The molecular formula is C15H24FNO. The van der Waals surface area contributed by atoms with Gasteiger partial charge in [-0.3, -0.25) is 0 Å². The van der Waals surface area contributed by atoms with E-state index in [1.807, 2.05) is 13.0 Å². The van der Waals surface area contributed by atoms with Gasteiger partial charge in [0, 0.05) is 12.6 Å². The largest absolute Gasteiger partial charge is 0.486 e. The third-order valence-corrected chi connectivity index (χ3v) is 2.96. The number of hydrogen-bond acceptors (Lipinski definition) is 2. The Morgan fingerprint density at radius 3 is 2.72 bits per heavy atom. The molecular weight excluding hydrogens is 229 g/mol. The van der Waals surface area contributed by atoms with Gasteiger partial charge in [-0.05, 0) is 38.8 Å². The molecule has 102 valence electrons. The number of nitrogens with one attached hydrogen (secondary N) is 1. The van der Waals surface area contributed by atoms with Gasteiger partial charge in [0.15, 0.2) is 11.6 Å². The monoisotopic (exact) mass is 253 g/mol. The summed E-state index contributed by atoms with van der Waals surface area (Å²) in [5.41, 5.74) is 0.618. The van der Waals surface area contributed by atoms with E-state index in [9.17, 15) is 4.39 Å². The molecule has 1 N–H and O–H groups in total. The van der Waals surface area contributed by atoms with Crippen molar-refractivity contribution in [1.29, 1.82) is 0 Å². The maximum Gasteiger partial charge on any atom is 0.167 e. The highest BCUT2D eigenvalue weighted by atomic mass is 19.1. The summed E-state index contributed by atoms with van der Waals surface area (Å²) < 4.78 is 19.4. The van der Waals surface area contributed by atoms with E-state index in [0.29, 0.717) is 17.4 Å². The van der Waals surface area contributed by atoms with Crippen molar-refractivity contribution in [2.75, 3.05) is 6.54 Å². The molecule has 2 atom stereocenters. The standard InChI is InChI=1S/C15H24FNO/c1-5-7-12(3)17-10-13(4)18-14-9-6-8-11(2)15(14)16/h6,8-9,12-13,17H,5,7,10H2,1-4H3. The minimum Gasteiger partial charge on any atom is -0.486 e. The van der Waals surface area contributed by atoms with Crippen molar-refractivity contribution in [2.45, 2.75) is 52.7 Å². The van der Waals surface area contributed by atoms with E-state index in [4.69, 9.17) is 4.74 Å². The van der Waals surface area contributed by atoms with Crippen LogP contribution in [0.15, 0.2) is 18.2 Å². The lowest BCUT2D eigenvalue weighted by atomic mass is 10.2. The summed E-state index contributed by atoms with van der Waals surface area (Å²) >= 11 is 0. The maximum absolute atomic E-state index is 13.7. The van der Waals surface area contributed by atoms with Crippen LogP contribution in [0.25, 0.3) is 0 Å². The van der Waals surface area contributed by atoms with Gasteiger partial charge in [0.2, 0.25) is 0 Å². The van der Waals surface area contributed by atoms with Crippen LogP contribution in [-0.4, -0.2) is 18.7 Å². The molecule has 0 aliphatic rings. The molecule has 0 radical (unpaired) electrons. The van der Waals surface area contributed by atoms with Crippen LogP contribution in [0.3, 0.4) is 0 Å². The average Bonchev–Trinajstić information content (AvgIpc) is 2.33. The summed E-state index contributed by atoms with van der Waals surface area (Å²) in [7, 11) is 0. The highest BCUT2D eigenvalue weighted by Gasteiger charge is 2.10. The van der Waals surface area contributed by atoms with Crippen LogP contribution < -0.4 is 10.1 Å². The average molecular weight is 253 g/mol. The minimum absolute atomic E-state index is 0.0411. The highest BCUT2D eigenvalue weighted by molar-refractivity contribution is 5.30. The fourth-order valence-corrected chi connectivity index (χ4v) is 1.87. The Morgan fingerprint density at radius 2 is 2.06 bits per heavy atom. The number of hydrogen-bond donors (Lipinski definition) is 1. The summed E-state index contributed by atoms with van der Waals surface area (Å²) in [6.45, 7) is 8.75. The molecule has 0 amide bonds. The fraction of sp³-hybridized carbons (Fsp3) is 0.600. The zero-order chi connectivity index (χ0) is 13.5. The van der Waals surface area contributed by atoms with E-state index in [2.05, 4.69) is 19.2 Å². The first-order chi connectivity index (χ1) is 8.54. The van der Waals surface area contributed by atoms with Gasteiger partial charge in [-0.1, -0.05) is 25.5 Å². The van der Waals surface area contributed by atoms with Gasteiger partial charge in [0.05, 0.1) is 0 Å². The second-order valence-electron chi connectivity index (χ2n) is 4.91. The fourth-order valence-electron chi connectivity index (χ4n) is 1.87. The smallest absolute Gasteiger partial charge is 0.167 e. The van der Waals surface area contributed by atoms with Gasteiger partial charge in [0.1, 0.15) is 6.10 Å². The summed E-state index contributed by atoms with van der Waals surface area (Å²) in [4.78, 5) is 0. The van der Waals surface area contributed by atoms with Gasteiger partial charge in [0.25, 0.3) is 0 Å². The second-order valence-corrected chi connectivity index (χ2v) is 4.91. The van der Waals surface area contributed by atoms with E-state index in [0.717, 1.165) is 19.4 Å². The molecule has 18 heavy (non-hydrogen) atoms. The Kier molecular flexibility index (Phi) is 6.13. The number of rotatable bonds is 7. The van der Waals surface area contributed by atoms with Gasteiger partial charge in [-0.25, -0.2) is 4.39 Å². The molecule has 2 unspecified atom stereocenters. The van der Waals surface area contributed by atoms with Crippen molar-refractivity contribution in [3.05, 3.63) is 29.6 Å². The van der Waals surface area contributed by atoms with Gasteiger partial charge >= 0.3 is 0 Å². The van der Waals surface area contributed by atoms with E-state index in [1.54, 1.807) is 19.1 Å². The third-order valence-electron chi connectivity index (χ3n) is 2.96. The van der Waals surface area contributed by atoms with Gasteiger partial charge in [-0.2, -0.15) is 0 Å². The third kappa shape index (κ3) is 4.65. The molecule has 1 rings (SSSR count). The lowest BCUT2D eigenvalue weighted by Gasteiger charge is -2.19. The summed E-state index contributed by atoms with van der Waals surface area (Å²) in [5.74, 6) is 0.0819. The van der Waals surface area contributed by atoms with Gasteiger partial charge < -0.3 is 10.1 Å². The van der Waals surface area contributed by atoms with Crippen LogP contribution in [0.1, 0.15) is 39.2 Å². The highest BCUT2D eigenvalue weighted by Crippen LogP contribution is 2.20. The predicted molar refractivity (Wildman–Crippen MR) is 73.6 cm³/mol. The predicted octanol–water partition coefficient (Wildman–Crippen LogP) is 3.68. The van der Waals surface area contributed by atoms with Crippen molar-refractivity contribution in [3.63, 3.8) is 0 Å². The Labute approximate surface area is 110 Å². The molecule has 0 aromatic heterocycles. The number of aryl methyl sites for hydroxylation is 1. The Morgan fingerprint density at radius 1 is 1.33 bits per heavy atom. The minimum atomic E-state index is -0.258. The first kappa shape index (κ1) is 15.0. The van der Waals surface area contributed by atoms with Crippen LogP contribution in [0.5, 0.6) is 5.75 Å². The molecule has 3 heteroatoms. The molecule has 0 bridgehead atoms. The molecule has 1 aromatic carbocycles. The van der Waals surface area contributed by atoms with E-state index in [-0.39, 0.29) is 11.9 Å². The quantitative estimate of drug-likeness (QED) is 0.800. The van der Waals surface area contributed by atoms with Crippen molar-refractivity contribution in [2.24, 2.45) is 0 Å². The van der Waals surface area contributed by atoms with Crippen LogP contribution >= 0.6 is 0 Å². The van der Waals surface area contributed by atoms with Crippen LogP contribution in [0.2, 0.25) is 0 Å². The first-order valence-electron chi connectivity index (χ1n) is 6.69. The number of ether oxygens (including phenoxy) is 1. The van der Waals surface area contributed by atoms with Crippen LogP contribution in [0.4, 0.5) is 4.39 Å². The summed E-state index contributed by atoms with van der Waals surface area (Å²) in [6.07, 6.45) is 2.27. The van der Waals surface area contributed by atoms with Crippen LogP contribution in [-0.2, 0) is 0 Å². The maximum atomic E-state index is 13.7. The molecule has 0 saturated heterocycles. The summed E-state index contributed by atoms with van der Waals surface area (Å²) in [6, 6.07) is 5.71. The molecule has 0 aliphatic carbocycles. The Hall–Kier alpha value is -1.09. The summed E-state index contributed by atoms with van der Waals surface area (Å²) in [5, 5.41) is 3.39. The van der Waals surface area contributed by atoms with E-state index in [1.165, 1.54) is 0 Å². The molecule has 0 saturated carbocycles. The zero-order valence-electron chi connectivity index (χ0n) is 11.8. The number of benzene rings is 1. The molecule has 0 heterocycles. The van der Waals surface area contributed by atoms with Gasteiger partial charge in [-0.15, -0.1) is 0 Å². The Balaban J connectivity index is 2.44. The first-order valence-corrected chi connectivity index (χ1v) is 6.69. The molecule has 1 aromatic rings. The normalized spacial score (nSPS) is 14.3. The van der Waals surface area contributed by atoms with Crippen molar-refractivity contribution >= 4 is 0 Å². The Bertz CT molecular complexity index is 368. The lowest BCUT2D eigenvalue weighted by Crippen LogP contribution is -2.35. The van der Waals surface area contributed by atoms with E-state index >= 15 is 0 Å². The topological polar surface area (TPSA) is 21.3 Å². The van der Waals surface area contributed by atoms with Crippen molar-refractivity contribution < 1.29 is 9.13 Å². The van der Waals surface area contributed by atoms with Crippen LogP contribution in [0, 0.1) is 12.7 Å². The van der Waals surface area contributed by atoms with Crippen molar-refractivity contribution in [1.82, 2.24) is 5.32 Å². The number of halogens is 1. The SMILES string of the molecule is CCCC(C)NCC(C)Oc1cccc(C)c1F. The molecule has 2 nitrogen and oxygen atoms in total.